The second-order valence-corrected chi connectivity index (χ2v) is 9.42. The van der Waals surface area contributed by atoms with E-state index in [9.17, 15) is 4.79 Å². The van der Waals surface area contributed by atoms with Crippen LogP contribution in [0.4, 0.5) is 4.79 Å². The van der Waals surface area contributed by atoms with E-state index in [2.05, 4.69) is 4.98 Å². The Morgan fingerprint density at radius 1 is 1.19 bits per heavy atom. The molecule has 1 aromatic heterocycles. The first-order valence-corrected chi connectivity index (χ1v) is 9.51. The predicted octanol–water partition coefficient (Wildman–Crippen LogP) is 3.53. The second kappa shape index (κ2) is 7.43. The van der Waals surface area contributed by atoms with Crippen LogP contribution in [0.25, 0.3) is 0 Å². The van der Waals surface area contributed by atoms with Crippen LogP contribution in [0.15, 0.2) is 18.5 Å². The molecule has 0 bridgehead atoms. The Morgan fingerprint density at radius 2 is 1.74 bits per heavy atom. The quantitative estimate of drug-likeness (QED) is 0.753. The Hall–Kier alpha value is -1.60. The number of pyridine rings is 1. The maximum atomic E-state index is 12.6. The van der Waals surface area contributed by atoms with Crippen molar-refractivity contribution in [3.05, 3.63) is 24.0 Å². The summed E-state index contributed by atoms with van der Waals surface area (Å²) < 4.78 is 17.7. The average molecular weight is 376 g/mol. The zero-order valence-corrected chi connectivity index (χ0v) is 18.1. The molecular formula is C20H33BN2O4. The van der Waals surface area contributed by atoms with Crippen molar-refractivity contribution in [2.75, 3.05) is 0 Å². The fourth-order valence-electron chi connectivity index (χ4n) is 2.68. The van der Waals surface area contributed by atoms with Gasteiger partial charge in [0.1, 0.15) is 5.60 Å². The molecule has 150 valence electrons. The van der Waals surface area contributed by atoms with Crippen molar-refractivity contribution in [1.29, 1.82) is 0 Å². The maximum absolute atomic E-state index is 12.6. The van der Waals surface area contributed by atoms with Crippen molar-refractivity contribution in [2.24, 2.45) is 0 Å². The largest absolute Gasteiger partial charge is 0.496 e. The van der Waals surface area contributed by atoms with Crippen molar-refractivity contribution in [3.63, 3.8) is 0 Å². The lowest BCUT2D eigenvalue weighted by atomic mass is 9.80. The molecule has 0 atom stereocenters. The maximum Gasteiger partial charge on any atom is 0.496 e. The second-order valence-electron chi connectivity index (χ2n) is 9.42. The van der Waals surface area contributed by atoms with E-state index in [-0.39, 0.29) is 12.1 Å². The van der Waals surface area contributed by atoms with Gasteiger partial charge in [0.15, 0.2) is 0 Å². The molecule has 0 aliphatic carbocycles. The fourth-order valence-corrected chi connectivity index (χ4v) is 2.68. The van der Waals surface area contributed by atoms with Gasteiger partial charge in [-0.1, -0.05) is 6.07 Å². The predicted molar refractivity (Wildman–Crippen MR) is 107 cm³/mol. The molecule has 2 heterocycles. The molecule has 0 saturated carbocycles. The highest BCUT2D eigenvalue weighted by Gasteiger charge is 2.51. The van der Waals surface area contributed by atoms with E-state index in [4.69, 9.17) is 14.0 Å². The SMILES string of the molecule is CC(C)N(Cc1cncc(B2OC(C)(C)C(C)(C)O2)c1)C(=O)OC(C)(C)C. The molecule has 1 aromatic rings. The molecule has 1 aliphatic heterocycles. The van der Waals surface area contributed by atoms with E-state index in [1.54, 1.807) is 17.3 Å². The Balaban J connectivity index is 2.18. The number of carbonyl (C=O) groups is 1. The Labute approximate surface area is 163 Å². The smallest absolute Gasteiger partial charge is 0.444 e. The van der Waals surface area contributed by atoms with Crippen molar-refractivity contribution >= 4 is 18.7 Å². The summed E-state index contributed by atoms with van der Waals surface area (Å²) in [5, 5.41) is 0. The highest BCUT2D eigenvalue weighted by molar-refractivity contribution is 6.62. The van der Waals surface area contributed by atoms with Crippen LogP contribution in [0.2, 0.25) is 0 Å². The van der Waals surface area contributed by atoms with Crippen molar-refractivity contribution in [2.45, 2.75) is 91.7 Å². The summed E-state index contributed by atoms with van der Waals surface area (Å²) in [6.07, 6.45) is 3.17. The van der Waals surface area contributed by atoms with E-state index in [1.165, 1.54) is 0 Å². The molecular weight excluding hydrogens is 343 g/mol. The number of ether oxygens (including phenoxy) is 1. The molecule has 2 rings (SSSR count). The van der Waals surface area contributed by atoms with Crippen molar-refractivity contribution in [3.8, 4) is 0 Å². The molecule has 6 nitrogen and oxygen atoms in total. The van der Waals surface area contributed by atoms with E-state index < -0.39 is 23.9 Å². The first kappa shape index (κ1) is 21.7. The lowest BCUT2D eigenvalue weighted by molar-refractivity contribution is 0.00578. The number of carbonyl (C=O) groups excluding carboxylic acids is 1. The van der Waals surface area contributed by atoms with Gasteiger partial charge in [-0.15, -0.1) is 0 Å². The van der Waals surface area contributed by atoms with Gasteiger partial charge in [0.25, 0.3) is 0 Å². The lowest BCUT2D eigenvalue weighted by Crippen LogP contribution is -2.41. The molecule has 0 spiro atoms. The average Bonchev–Trinajstić information content (AvgIpc) is 2.71. The molecule has 1 aliphatic rings. The summed E-state index contributed by atoms with van der Waals surface area (Å²) in [5.74, 6) is 0. The highest BCUT2D eigenvalue weighted by atomic mass is 16.7. The topological polar surface area (TPSA) is 60.9 Å². The van der Waals surface area contributed by atoms with Gasteiger partial charge in [0.2, 0.25) is 0 Å². The van der Waals surface area contributed by atoms with E-state index in [1.807, 2.05) is 68.4 Å². The number of nitrogens with zero attached hydrogens (tertiary/aromatic N) is 2. The first-order valence-electron chi connectivity index (χ1n) is 9.51. The van der Waals surface area contributed by atoms with Crippen LogP contribution in [0, 0.1) is 0 Å². The summed E-state index contributed by atoms with van der Waals surface area (Å²) in [6.45, 7) is 18.0. The summed E-state index contributed by atoms with van der Waals surface area (Å²) in [6, 6.07) is 1.98. The molecule has 1 amide bonds. The summed E-state index contributed by atoms with van der Waals surface area (Å²) in [5.41, 5.74) is 0.399. The van der Waals surface area contributed by atoms with Gasteiger partial charge in [-0.2, -0.15) is 0 Å². The minimum atomic E-state index is -0.535. The zero-order valence-electron chi connectivity index (χ0n) is 18.1. The van der Waals surface area contributed by atoms with Crippen LogP contribution < -0.4 is 5.46 Å². The third-order valence-corrected chi connectivity index (χ3v) is 4.95. The van der Waals surface area contributed by atoms with Gasteiger partial charge in [-0.05, 0) is 67.9 Å². The van der Waals surface area contributed by atoms with Gasteiger partial charge in [-0.3, -0.25) is 4.98 Å². The van der Waals surface area contributed by atoms with Gasteiger partial charge < -0.3 is 18.9 Å². The number of amides is 1. The first-order chi connectivity index (χ1) is 12.2. The van der Waals surface area contributed by atoms with Crippen LogP contribution in [0.5, 0.6) is 0 Å². The van der Waals surface area contributed by atoms with E-state index in [0.29, 0.717) is 6.54 Å². The molecule has 1 saturated heterocycles. The number of hydrogen-bond acceptors (Lipinski definition) is 5. The lowest BCUT2D eigenvalue weighted by Gasteiger charge is -2.32. The number of rotatable bonds is 4. The normalized spacial score (nSPS) is 18.7. The summed E-state index contributed by atoms with van der Waals surface area (Å²) in [4.78, 5) is 18.6. The van der Waals surface area contributed by atoms with Crippen molar-refractivity contribution < 1.29 is 18.8 Å². The molecule has 0 N–H and O–H groups in total. The third kappa shape index (κ3) is 5.23. The highest BCUT2D eigenvalue weighted by Crippen LogP contribution is 2.36. The minimum Gasteiger partial charge on any atom is -0.444 e. The Morgan fingerprint density at radius 3 is 2.22 bits per heavy atom. The van der Waals surface area contributed by atoms with Gasteiger partial charge in [0, 0.05) is 23.9 Å². The van der Waals surface area contributed by atoms with Gasteiger partial charge in [-0.25, -0.2) is 4.79 Å². The molecule has 1 fully saturated rings. The third-order valence-electron chi connectivity index (χ3n) is 4.95. The van der Waals surface area contributed by atoms with E-state index in [0.717, 1.165) is 11.0 Å². The van der Waals surface area contributed by atoms with Gasteiger partial charge in [0.05, 0.1) is 17.7 Å². The number of hydrogen-bond donors (Lipinski definition) is 0. The van der Waals surface area contributed by atoms with Crippen LogP contribution >= 0.6 is 0 Å². The summed E-state index contributed by atoms with van der Waals surface area (Å²) in [7, 11) is -0.475. The van der Waals surface area contributed by atoms with Gasteiger partial charge >= 0.3 is 13.2 Å². The van der Waals surface area contributed by atoms with Crippen LogP contribution in [0.3, 0.4) is 0 Å². The van der Waals surface area contributed by atoms with Crippen LogP contribution in [-0.4, -0.2) is 45.9 Å². The summed E-state index contributed by atoms with van der Waals surface area (Å²) >= 11 is 0. The molecule has 0 aromatic carbocycles. The molecule has 27 heavy (non-hydrogen) atoms. The number of aromatic nitrogens is 1. The van der Waals surface area contributed by atoms with E-state index >= 15 is 0 Å². The molecule has 0 radical (unpaired) electrons. The Bertz CT molecular complexity index is 667. The standard InChI is InChI=1S/C20H33BN2O4/c1-14(2)23(17(24)25-18(3,4)5)13-15-10-16(12-22-11-15)21-26-19(6,7)20(8,9)27-21/h10-12,14H,13H2,1-9H3. The monoisotopic (exact) mass is 376 g/mol. The molecule has 0 unspecified atom stereocenters. The fraction of sp³-hybridized carbons (Fsp3) is 0.700. The van der Waals surface area contributed by atoms with Crippen molar-refractivity contribution in [1.82, 2.24) is 9.88 Å². The Kier molecular flexibility index (Phi) is 5.98. The van der Waals surface area contributed by atoms with Crippen LogP contribution in [0.1, 0.15) is 67.9 Å². The zero-order chi connectivity index (χ0) is 20.6. The van der Waals surface area contributed by atoms with Crippen LogP contribution in [-0.2, 0) is 20.6 Å². The minimum absolute atomic E-state index is 0.000327. The molecule has 7 heteroatoms.